The largest absolute Gasteiger partial charge is 0.376 e. The highest BCUT2D eigenvalue weighted by Crippen LogP contribution is 1.91. The maximum Gasteiger partial charge on any atom is 0.376 e. The molecule has 0 unspecified atom stereocenters. The van der Waals surface area contributed by atoms with Crippen LogP contribution < -0.4 is 0 Å². The summed E-state index contributed by atoms with van der Waals surface area (Å²) in [6.07, 6.45) is 1.11. The summed E-state index contributed by atoms with van der Waals surface area (Å²) < 4.78 is 0. The highest BCUT2D eigenvalue weighted by molar-refractivity contribution is 6.93. The van der Waals surface area contributed by atoms with E-state index in [1.54, 1.807) is 0 Å². The van der Waals surface area contributed by atoms with Crippen LogP contribution in [0, 0.1) is 0 Å². The molecule has 0 atom stereocenters. The Balaban J connectivity index is 2.34. The summed E-state index contributed by atoms with van der Waals surface area (Å²) in [5, 5.41) is 1.19. The molecule has 0 aliphatic heterocycles. The zero-order chi connectivity index (χ0) is 4.83. The molecule has 0 bridgehead atoms. The van der Waals surface area contributed by atoms with Gasteiger partial charge in [-0.1, -0.05) is 11.7 Å². The van der Waals surface area contributed by atoms with E-state index in [2.05, 4.69) is 0 Å². The average Bonchev–Trinajstić information content (AvgIpc) is 1.61. The molecule has 0 aromatic heterocycles. The molecule has 6 heavy (non-hydrogen) atoms. The second kappa shape index (κ2) is 6.11. The summed E-state index contributed by atoms with van der Waals surface area (Å²) in [6, 6.07) is 0. The summed E-state index contributed by atoms with van der Waals surface area (Å²) in [5.41, 5.74) is 0. The zero-order valence-corrected chi connectivity index (χ0v) is 6.51. The second-order valence-electron chi connectivity index (χ2n) is 1.09. The molecule has 0 aromatic rings. The molecule has 0 radical (unpaired) electrons. The Morgan fingerprint density at radius 3 is 2.33 bits per heavy atom. The lowest BCUT2D eigenvalue weighted by Crippen LogP contribution is -1.77. The number of hydrogen-bond acceptors (Lipinski definition) is 0. The van der Waals surface area contributed by atoms with Crippen molar-refractivity contribution in [2.24, 2.45) is 0 Å². The van der Waals surface area contributed by atoms with Gasteiger partial charge >= 0.3 is 14.3 Å². The van der Waals surface area contributed by atoms with Gasteiger partial charge in [0.25, 0.3) is 0 Å². The predicted molar refractivity (Wildman–Crippen MR) is 33.1 cm³/mol. The Hall–Kier alpha value is 1.11. The van der Waals surface area contributed by atoms with Gasteiger partial charge in [-0.2, -0.15) is 0 Å². The minimum Gasteiger partial charge on any atom is -0.267 e. The molecule has 0 heterocycles. The molecule has 0 aliphatic rings. The summed E-state index contributed by atoms with van der Waals surface area (Å²) in [5.74, 6) is 0.778. The Morgan fingerprint density at radius 2 is 2.17 bits per heavy atom. The van der Waals surface area contributed by atoms with Crippen molar-refractivity contribution in [1.82, 2.24) is 0 Å². The van der Waals surface area contributed by atoms with Crippen molar-refractivity contribution < 1.29 is 0 Å². The molecule has 0 saturated heterocycles. The molecule has 0 spiro atoms. The van der Waals surface area contributed by atoms with Gasteiger partial charge in [-0.05, 0) is 0 Å². The van der Waals surface area contributed by atoms with Crippen molar-refractivity contribution in [3.63, 3.8) is 0 Å². The monoisotopic (exact) mass is 140 g/mol. The van der Waals surface area contributed by atoms with Gasteiger partial charge in [0.15, 0.2) is 0 Å². The Bertz CT molecular complexity index is 20.8. The fourth-order valence-corrected chi connectivity index (χ4v) is 1.70. The van der Waals surface area contributed by atoms with E-state index in [-0.39, 0.29) is 14.3 Å². The van der Waals surface area contributed by atoms with Crippen molar-refractivity contribution in [3.05, 3.63) is 0 Å². The molecule has 3 heteroatoms. The molecule has 0 N–H and O–H groups in total. The third-order valence-corrected chi connectivity index (χ3v) is 2.35. The normalized spacial score (nSPS) is 8.33. The van der Waals surface area contributed by atoms with Crippen LogP contribution in [0.15, 0.2) is 0 Å². The van der Waals surface area contributed by atoms with Gasteiger partial charge in [0.2, 0.25) is 0 Å². The summed E-state index contributed by atoms with van der Waals surface area (Å²) in [7, 11) is 5.46. The molecule has 0 nitrogen and oxygen atoms in total. The zero-order valence-electron chi connectivity index (χ0n) is 3.58. The summed E-state index contributed by atoms with van der Waals surface area (Å²) in [4.78, 5) is 0. The van der Waals surface area contributed by atoms with Gasteiger partial charge in [0, 0.05) is 5.88 Å². The molecule has 0 aliphatic carbocycles. The van der Waals surface area contributed by atoms with Crippen molar-refractivity contribution in [2.45, 2.75) is 11.7 Å². The van der Waals surface area contributed by atoms with E-state index < -0.39 is 0 Å². The Labute approximate surface area is 53.7 Å². The molecule has 0 saturated carbocycles. The predicted octanol–water partition coefficient (Wildman–Crippen LogP) is 1.62. The topological polar surface area (TPSA) is 0 Å². The number of halogens is 2. The van der Waals surface area contributed by atoms with Gasteiger partial charge < -0.3 is 0 Å². The molecule has 0 amide bonds. The molecule has 36 valence electrons. The second-order valence-corrected chi connectivity index (χ2v) is 3.68. The van der Waals surface area contributed by atoms with E-state index in [0.29, 0.717) is 0 Å². The molecule has 0 rings (SSSR count). The standard InChI is InChI=1S/C3H6Cl.Al.ClH.H/c1-2-3-4;;;/h1-3H2;;1H;/q;+1;;/p-1. The fraction of sp³-hybridized carbons (Fsp3) is 1.00. The van der Waals surface area contributed by atoms with Crippen molar-refractivity contribution in [1.29, 1.82) is 0 Å². The summed E-state index contributed by atoms with van der Waals surface area (Å²) in [6.45, 7) is 0. The lowest BCUT2D eigenvalue weighted by Gasteiger charge is -1.80. The van der Waals surface area contributed by atoms with Crippen molar-refractivity contribution in [3.8, 4) is 0 Å². The first-order valence-corrected chi connectivity index (χ1v) is 5.71. The highest BCUT2D eigenvalue weighted by Gasteiger charge is 1.84. The Morgan fingerprint density at radius 1 is 1.50 bits per heavy atom. The first kappa shape index (κ1) is 7.11. The van der Waals surface area contributed by atoms with Crippen LogP contribution >= 0.6 is 21.7 Å². The van der Waals surface area contributed by atoms with Gasteiger partial charge in [0.1, 0.15) is 0 Å². The smallest absolute Gasteiger partial charge is 0.267 e. The number of rotatable bonds is 3. The van der Waals surface area contributed by atoms with Crippen LogP contribution in [0.25, 0.3) is 0 Å². The van der Waals surface area contributed by atoms with E-state index in [1.807, 2.05) is 0 Å². The summed E-state index contributed by atoms with van der Waals surface area (Å²) >= 11 is 5.13. The van der Waals surface area contributed by atoms with E-state index in [9.17, 15) is 0 Å². The van der Waals surface area contributed by atoms with Crippen LogP contribution in [0.5, 0.6) is 0 Å². The fourth-order valence-electron chi connectivity index (χ4n) is 0.189. The van der Waals surface area contributed by atoms with E-state index >= 15 is 0 Å². The highest BCUT2D eigenvalue weighted by atomic mass is 35.6. The lowest BCUT2D eigenvalue weighted by atomic mass is 10.6. The van der Waals surface area contributed by atoms with Crippen LogP contribution in [0.3, 0.4) is 0 Å². The van der Waals surface area contributed by atoms with Crippen molar-refractivity contribution in [2.75, 3.05) is 5.88 Å². The van der Waals surface area contributed by atoms with Gasteiger partial charge in [0.05, 0.1) is 0 Å². The molecule has 0 aromatic carbocycles. The maximum absolute atomic E-state index is 5.46. The molecular formula is C3H7AlCl2. The Kier molecular flexibility index (Phi) is 7.25. The number of hydrogen-bond donors (Lipinski definition) is 0. The van der Waals surface area contributed by atoms with Gasteiger partial charge in [-0.15, -0.1) is 11.6 Å². The number of alkyl halides is 1. The van der Waals surface area contributed by atoms with E-state index in [4.69, 9.17) is 21.7 Å². The SMILES string of the molecule is ClCC[CH2][AlH][Cl]. The first-order valence-electron chi connectivity index (χ1n) is 2.03. The van der Waals surface area contributed by atoms with Gasteiger partial charge in [-0.25, -0.2) is 0 Å². The third kappa shape index (κ3) is 5.11. The van der Waals surface area contributed by atoms with E-state index in [1.165, 1.54) is 5.28 Å². The van der Waals surface area contributed by atoms with Crippen LogP contribution in [0.1, 0.15) is 6.42 Å². The van der Waals surface area contributed by atoms with Crippen LogP contribution in [-0.2, 0) is 0 Å². The van der Waals surface area contributed by atoms with Crippen LogP contribution in [-0.4, -0.2) is 20.2 Å². The van der Waals surface area contributed by atoms with E-state index in [0.717, 1.165) is 12.3 Å². The third-order valence-electron chi connectivity index (χ3n) is 0.517. The van der Waals surface area contributed by atoms with Crippen molar-refractivity contribution >= 4 is 35.9 Å². The minimum atomic E-state index is -0.209. The molecular weight excluding hydrogens is 134 g/mol. The van der Waals surface area contributed by atoms with Crippen LogP contribution in [0.2, 0.25) is 5.28 Å². The first-order chi connectivity index (χ1) is 2.91. The molecule has 0 fully saturated rings. The maximum atomic E-state index is 5.46. The minimum absolute atomic E-state index is 0.209. The lowest BCUT2D eigenvalue weighted by molar-refractivity contribution is 1.09. The average molecular weight is 141 g/mol. The van der Waals surface area contributed by atoms with Gasteiger partial charge in [-0.3, -0.25) is 10.0 Å². The quantitative estimate of drug-likeness (QED) is 0.318. The van der Waals surface area contributed by atoms with Crippen LogP contribution in [0.4, 0.5) is 0 Å².